The minimum absolute atomic E-state index is 0.392. The van der Waals surface area contributed by atoms with Gasteiger partial charge in [0, 0.05) is 17.4 Å². The maximum Gasteiger partial charge on any atom is 0.306 e. The van der Waals surface area contributed by atoms with E-state index in [1.54, 1.807) is 18.3 Å². The van der Waals surface area contributed by atoms with Crippen LogP contribution >= 0.6 is 11.3 Å². The Morgan fingerprint density at radius 1 is 1.44 bits per heavy atom. The van der Waals surface area contributed by atoms with Gasteiger partial charge in [0.05, 0.1) is 11.6 Å². The largest absolute Gasteiger partial charge is 0.481 e. The van der Waals surface area contributed by atoms with Crippen LogP contribution in [0.2, 0.25) is 0 Å². The summed E-state index contributed by atoms with van der Waals surface area (Å²) in [6.45, 7) is 3.76. The summed E-state index contributed by atoms with van der Waals surface area (Å²) < 4.78 is 0. The van der Waals surface area contributed by atoms with Crippen LogP contribution in [0.15, 0.2) is 29.6 Å². The maximum absolute atomic E-state index is 10.8. The van der Waals surface area contributed by atoms with Gasteiger partial charge in [-0.25, -0.2) is 4.98 Å². The molecule has 1 atom stereocenters. The lowest BCUT2D eigenvalue weighted by atomic mass is 10.1. The number of carboxylic acids is 1. The Morgan fingerprint density at radius 3 is 2.83 bits per heavy atom. The number of hydrogen-bond donors (Lipinski definition) is 1. The molecule has 1 N–H and O–H groups in total. The first-order valence-corrected chi connectivity index (χ1v) is 6.69. The number of rotatable bonds is 4. The van der Waals surface area contributed by atoms with Crippen molar-refractivity contribution in [3.63, 3.8) is 0 Å². The normalized spacial score (nSPS) is 12.3. The van der Waals surface area contributed by atoms with Gasteiger partial charge < -0.3 is 5.11 Å². The Bertz CT molecular complexity index is 562. The Labute approximate surface area is 110 Å². The van der Waals surface area contributed by atoms with Gasteiger partial charge in [-0.2, -0.15) is 0 Å². The van der Waals surface area contributed by atoms with Crippen molar-refractivity contribution in [2.75, 3.05) is 0 Å². The van der Waals surface area contributed by atoms with Crippen LogP contribution in [0.4, 0.5) is 0 Å². The molecular weight excluding hydrogens is 246 g/mol. The second-order valence-corrected chi connectivity index (χ2v) is 5.26. The molecule has 1 unspecified atom stereocenters. The van der Waals surface area contributed by atoms with Crippen LogP contribution in [0.25, 0.3) is 10.6 Å². The van der Waals surface area contributed by atoms with E-state index in [0.29, 0.717) is 6.42 Å². The molecule has 0 spiro atoms. The summed E-state index contributed by atoms with van der Waals surface area (Å²) in [7, 11) is 0. The number of aliphatic carboxylic acids is 1. The fraction of sp³-hybridized carbons (Fsp3) is 0.286. The molecule has 0 saturated heterocycles. The van der Waals surface area contributed by atoms with Crippen LogP contribution in [0.1, 0.15) is 18.2 Å². The predicted molar refractivity (Wildman–Crippen MR) is 72.8 cm³/mol. The van der Waals surface area contributed by atoms with E-state index >= 15 is 0 Å². The number of carbonyl (C=O) groups is 1. The lowest BCUT2D eigenvalue weighted by molar-refractivity contribution is -0.141. The van der Waals surface area contributed by atoms with Crippen LogP contribution in [0.3, 0.4) is 0 Å². The first-order chi connectivity index (χ1) is 8.58. The lowest BCUT2D eigenvalue weighted by Gasteiger charge is -2.03. The van der Waals surface area contributed by atoms with E-state index in [0.717, 1.165) is 16.3 Å². The van der Waals surface area contributed by atoms with Crippen molar-refractivity contribution >= 4 is 17.3 Å². The van der Waals surface area contributed by atoms with E-state index in [1.807, 2.05) is 23.6 Å². The molecule has 3 nitrogen and oxygen atoms in total. The predicted octanol–water partition coefficient (Wildman–Crippen LogP) is 3.38. The van der Waals surface area contributed by atoms with Gasteiger partial charge in [-0.15, -0.1) is 11.3 Å². The monoisotopic (exact) mass is 261 g/mol. The number of aryl methyl sites for hydroxylation is 1. The summed E-state index contributed by atoms with van der Waals surface area (Å²) in [5.74, 6) is -1.17. The summed E-state index contributed by atoms with van der Waals surface area (Å²) in [4.78, 5) is 15.3. The minimum Gasteiger partial charge on any atom is -0.481 e. The summed E-state index contributed by atoms with van der Waals surface area (Å²) in [5, 5.41) is 11.8. The van der Waals surface area contributed by atoms with E-state index in [2.05, 4.69) is 18.0 Å². The standard InChI is InChI=1S/C14H15NO2S/c1-9-5-3-4-6-12(9)13-15-11(8-18-13)7-10(2)14(16)17/h3-6,8,10H,7H2,1-2H3,(H,16,17). The Balaban J connectivity index is 2.21. The van der Waals surface area contributed by atoms with Crippen LogP contribution in [-0.4, -0.2) is 16.1 Å². The Morgan fingerprint density at radius 2 is 2.17 bits per heavy atom. The topological polar surface area (TPSA) is 50.2 Å². The van der Waals surface area contributed by atoms with E-state index in [9.17, 15) is 4.79 Å². The van der Waals surface area contributed by atoms with Gasteiger partial charge >= 0.3 is 5.97 Å². The van der Waals surface area contributed by atoms with Gasteiger partial charge in [0.25, 0.3) is 0 Å². The molecule has 1 heterocycles. The van der Waals surface area contributed by atoms with Gasteiger partial charge in [0.2, 0.25) is 0 Å². The summed E-state index contributed by atoms with van der Waals surface area (Å²) in [6.07, 6.45) is 0.484. The summed E-state index contributed by atoms with van der Waals surface area (Å²) >= 11 is 1.57. The molecule has 0 aliphatic rings. The van der Waals surface area contributed by atoms with Crippen LogP contribution in [0, 0.1) is 12.8 Å². The smallest absolute Gasteiger partial charge is 0.306 e. The van der Waals surface area contributed by atoms with Gasteiger partial charge in [-0.1, -0.05) is 31.2 Å². The van der Waals surface area contributed by atoms with Gasteiger partial charge in [0.15, 0.2) is 0 Å². The molecule has 2 aromatic rings. The number of carboxylic acid groups (broad SMARTS) is 1. The van der Waals surface area contributed by atoms with Gasteiger partial charge in [0.1, 0.15) is 5.01 Å². The molecule has 94 valence electrons. The van der Waals surface area contributed by atoms with Crippen molar-refractivity contribution in [1.29, 1.82) is 0 Å². The second kappa shape index (κ2) is 5.31. The van der Waals surface area contributed by atoms with Crippen molar-refractivity contribution in [3.8, 4) is 10.6 Å². The number of benzene rings is 1. The molecule has 0 saturated carbocycles. The van der Waals surface area contributed by atoms with Crippen molar-refractivity contribution < 1.29 is 9.90 Å². The van der Waals surface area contributed by atoms with E-state index in [-0.39, 0.29) is 0 Å². The molecule has 0 aliphatic carbocycles. The summed E-state index contributed by atoms with van der Waals surface area (Å²) in [6, 6.07) is 8.08. The average Bonchev–Trinajstić information content (AvgIpc) is 2.77. The highest BCUT2D eigenvalue weighted by Gasteiger charge is 2.14. The summed E-state index contributed by atoms with van der Waals surface area (Å²) in [5.41, 5.74) is 3.16. The highest BCUT2D eigenvalue weighted by molar-refractivity contribution is 7.13. The van der Waals surface area contributed by atoms with Crippen LogP contribution < -0.4 is 0 Å². The van der Waals surface area contributed by atoms with E-state index in [4.69, 9.17) is 5.11 Å². The Kier molecular flexibility index (Phi) is 3.77. The highest BCUT2D eigenvalue weighted by atomic mass is 32.1. The second-order valence-electron chi connectivity index (χ2n) is 4.40. The average molecular weight is 261 g/mol. The Hall–Kier alpha value is -1.68. The quantitative estimate of drug-likeness (QED) is 0.917. The fourth-order valence-corrected chi connectivity index (χ4v) is 2.66. The first-order valence-electron chi connectivity index (χ1n) is 5.81. The number of hydrogen-bond acceptors (Lipinski definition) is 3. The third kappa shape index (κ3) is 2.76. The third-order valence-corrected chi connectivity index (χ3v) is 3.79. The van der Waals surface area contributed by atoms with Crippen molar-refractivity contribution in [1.82, 2.24) is 4.98 Å². The van der Waals surface area contributed by atoms with E-state index in [1.165, 1.54) is 5.56 Å². The van der Waals surface area contributed by atoms with Crippen LogP contribution in [0.5, 0.6) is 0 Å². The fourth-order valence-electron chi connectivity index (χ4n) is 1.74. The highest BCUT2D eigenvalue weighted by Crippen LogP contribution is 2.27. The molecule has 0 radical (unpaired) electrons. The third-order valence-electron chi connectivity index (χ3n) is 2.86. The SMILES string of the molecule is Cc1ccccc1-c1nc(CC(C)C(=O)O)cs1. The lowest BCUT2D eigenvalue weighted by Crippen LogP contribution is -2.12. The maximum atomic E-state index is 10.8. The molecule has 0 amide bonds. The van der Waals surface area contributed by atoms with Gasteiger partial charge in [-0.05, 0) is 12.5 Å². The van der Waals surface area contributed by atoms with E-state index < -0.39 is 11.9 Å². The van der Waals surface area contributed by atoms with Gasteiger partial charge in [-0.3, -0.25) is 4.79 Å². The molecule has 1 aromatic carbocycles. The molecule has 18 heavy (non-hydrogen) atoms. The molecule has 0 aliphatic heterocycles. The first kappa shape index (κ1) is 12.8. The van der Waals surface area contributed by atoms with Crippen molar-refractivity contribution in [2.24, 2.45) is 5.92 Å². The molecule has 1 aromatic heterocycles. The number of aromatic nitrogens is 1. The zero-order valence-corrected chi connectivity index (χ0v) is 11.2. The van der Waals surface area contributed by atoms with Crippen molar-refractivity contribution in [2.45, 2.75) is 20.3 Å². The van der Waals surface area contributed by atoms with Crippen LogP contribution in [-0.2, 0) is 11.2 Å². The molecule has 2 rings (SSSR count). The molecule has 4 heteroatoms. The van der Waals surface area contributed by atoms with Crippen molar-refractivity contribution in [3.05, 3.63) is 40.9 Å². The zero-order valence-electron chi connectivity index (χ0n) is 10.4. The number of nitrogens with zero attached hydrogens (tertiary/aromatic N) is 1. The number of thiazole rings is 1. The minimum atomic E-state index is -0.777. The molecule has 0 fully saturated rings. The molecular formula is C14H15NO2S. The zero-order chi connectivity index (χ0) is 13.1. The molecule has 0 bridgehead atoms.